The van der Waals surface area contributed by atoms with Gasteiger partial charge >= 0.3 is 0 Å². The first-order valence-corrected chi connectivity index (χ1v) is 6.00. The Balaban J connectivity index is 1.93. The first kappa shape index (κ1) is 11.6. The van der Waals surface area contributed by atoms with E-state index in [0.717, 1.165) is 24.1 Å². The third kappa shape index (κ3) is 2.83. The summed E-state index contributed by atoms with van der Waals surface area (Å²) in [6.07, 6.45) is 4.59. The topological polar surface area (TPSA) is 49.9 Å². The minimum atomic E-state index is 0.0645. The first-order valence-electron chi connectivity index (χ1n) is 6.00. The number of aromatic amines is 1. The van der Waals surface area contributed by atoms with Gasteiger partial charge in [0.1, 0.15) is 11.9 Å². The Bertz CT molecular complexity index is 331. The van der Waals surface area contributed by atoms with E-state index >= 15 is 0 Å². The van der Waals surface area contributed by atoms with E-state index in [9.17, 15) is 0 Å². The number of methoxy groups -OCH3 is 1. The van der Waals surface area contributed by atoms with E-state index in [-0.39, 0.29) is 6.10 Å². The molecule has 1 aliphatic carbocycles. The Morgan fingerprint density at radius 3 is 2.88 bits per heavy atom. The second-order valence-electron chi connectivity index (χ2n) is 4.85. The van der Waals surface area contributed by atoms with E-state index in [1.54, 1.807) is 7.11 Å². The van der Waals surface area contributed by atoms with Crippen molar-refractivity contribution in [2.75, 3.05) is 7.11 Å². The van der Waals surface area contributed by atoms with Crippen LogP contribution in [0.15, 0.2) is 6.20 Å². The van der Waals surface area contributed by atoms with E-state index in [1.165, 1.54) is 12.8 Å². The first-order chi connectivity index (χ1) is 7.70. The summed E-state index contributed by atoms with van der Waals surface area (Å²) in [6, 6.07) is 0.732. The molecule has 0 amide bonds. The van der Waals surface area contributed by atoms with Gasteiger partial charge in [0.15, 0.2) is 0 Å². The molecule has 1 fully saturated rings. The van der Waals surface area contributed by atoms with Gasteiger partial charge in [-0.3, -0.25) is 0 Å². The lowest BCUT2D eigenvalue weighted by molar-refractivity contribution is 0.0581. The van der Waals surface area contributed by atoms with Crippen molar-refractivity contribution in [3.05, 3.63) is 17.7 Å². The van der Waals surface area contributed by atoms with Gasteiger partial charge in [-0.25, -0.2) is 4.98 Å². The lowest BCUT2D eigenvalue weighted by Gasteiger charge is -2.16. The zero-order valence-electron chi connectivity index (χ0n) is 10.3. The highest BCUT2D eigenvalue weighted by Gasteiger charge is 2.21. The number of nitrogens with one attached hydrogen (secondary N) is 2. The predicted octanol–water partition coefficient (Wildman–Crippen LogP) is 2.01. The van der Waals surface area contributed by atoms with E-state index in [4.69, 9.17) is 4.74 Å². The molecule has 0 radical (unpaired) electrons. The van der Waals surface area contributed by atoms with Crippen molar-refractivity contribution >= 4 is 0 Å². The molecule has 1 heterocycles. The van der Waals surface area contributed by atoms with Crippen LogP contribution in [0.25, 0.3) is 0 Å². The third-order valence-electron chi connectivity index (χ3n) is 2.94. The van der Waals surface area contributed by atoms with Gasteiger partial charge in [-0.2, -0.15) is 0 Å². The molecular weight excluding hydrogens is 202 g/mol. The highest BCUT2D eigenvalue weighted by atomic mass is 16.5. The minimum Gasteiger partial charge on any atom is -0.373 e. The monoisotopic (exact) mass is 223 g/mol. The summed E-state index contributed by atoms with van der Waals surface area (Å²) in [5, 5.41) is 3.46. The van der Waals surface area contributed by atoms with Gasteiger partial charge < -0.3 is 15.0 Å². The molecule has 90 valence electrons. The van der Waals surface area contributed by atoms with Gasteiger partial charge in [0, 0.05) is 31.6 Å². The Labute approximate surface area is 96.8 Å². The lowest BCUT2D eigenvalue weighted by atomic mass is 10.1. The Kier molecular flexibility index (Phi) is 3.61. The summed E-state index contributed by atoms with van der Waals surface area (Å²) in [6.45, 7) is 5.16. The van der Waals surface area contributed by atoms with Crippen LogP contribution >= 0.6 is 0 Å². The fourth-order valence-electron chi connectivity index (χ4n) is 1.85. The standard InChI is InChI=1S/C12H21N3O/c1-8(2)11(16-3)12-14-7-10(15-12)6-13-9-4-5-9/h7-9,11,13H,4-6H2,1-3H3,(H,14,15). The van der Waals surface area contributed by atoms with Crippen LogP contribution < -0.4 is 5.32 Å². The molecule has 1 aromatic heterocycles. The smallest absolute Gasteiger partial charge is 0.135 e. The number of ether oxygens (including phenoxy) is 1. The normalized spacial score (nSPS) is 18.0. The summed E-state index contributed by atoms with van der Waals surface area (Å²) < 4.78 is 5.43. The molecule has 0 spiro atoms. The van der Waals surface area contributed by atoms with Crippen LogP contribution in [0, 0.1) is 5.92 Å². The zero-order valence-corrected chi connectivity index (χ0v) is 10.3. The number of H-pyrrole nitrogens is 1. The summed E-state index contributed by atoms with van der Waals surface area (Å²) in [4.78, 5) is 7.72. The number of imidazole rings is 1. The average Bonchev–Trinajstić information content (AvgIpc) is 2.96. The Hall–Kier alpha value is -0.870. The van der Waals surface area contributed by atoms with Crippen molar-refractivity contribution in [2.45, 2.75) is 45.4 Å². The van der Waals surface area contributed by atoms with Crippen LogP contribution in [0.4, 0.5) is 0 Å². The molecule has 1 aliphatic rings. The maximum absolute atomic E-state index is 5.43. The van der Waals surface area contributed by atoms with Crippen LogP contribution in [0.3, 0.4) is 0 Å². The summed E-state index contributed by atoms with van der Waals surface area (Å²) in [7, 11) is 1.73. The molecule has 0 aliphatic heterocycles. The highest BCUT2D eigenvalue weighted by molar-refractivity contribution is 5.04. The summed E-state index contributed by atoms with van der Waals surface area (Å²) in [5.41, 5.74) is 1.14. The van der Waals surface area contributed by atoms with Crippen LogP contribution in [-0.2, 0) is 11.3 Å². The largest absolute Gasteiger partial charge is 0.373 e. The molecular formula is C12H21N3O. The number of hydrogen-bond acceptors (Lipinski definition) is 3. The molecule has 1 atom stereocenters. The van der Waals surface area contributed by atoms with E-state index in [0.29, 0.717) is 5.92 Å². The van der Waals surface area contributed by atoms with Gasteiger partial charge in [0.05, 0.1) is 0 Å². The SMILES string of the molecule is COC(c1ncc(CNC2CC2)[nH]1)C(C)C. The van der Waals surface area contributed by atoms with Crippen LogP contribution in [-0.4, -0.2) is 23.1 Å². The van der Waals surface area contributed by atoms with Crippen molar-refractivity contribution in [3.8, 4) is 0 Å². The molecule has 16 heavy (non-hydrogen) atoms. The fourth-order valence-corrected chi connectivity index (χ4v) is 1.85. The fraction of sp³-hybridized carbons (Fsp3) is 0.750. The predicted molar refractivity (Wildman–Crippen MR) is 63.0 cm³/mol. The number of rotatable bonds is 6. The van der Waals surface area contributed by atoms with Gasteiger partial charge in [-0.05, 0) is 18.8 Å². The van der Waals surface area contributed by atoms with Gasteiger partial charge in [0.25, 0.3) is 0 Å². The van der Waals surface area contributed by atoms with Crippen molar-refractivity contribution in [1.29, 1.82) is 0 Å². The Morgan fingerprint density at radius 2 is 2.31 bits per heavy atom. The third-order valence-corrected chi connectivity index (χ3v) is 2.94. The molecule has 4 heteroatoms. The van der Waals surface area contributed by atoms with Crippen LogP contribution in [0.1, 0.15) is 44.3 Å². The van der Waals surface area contributed by atoms with E-state index in [1.807, 2.05) is 6.20 Å². The molecule has 0 aromatic carbocycles. The van der Waals surface area contributed by atoms with Crippen molar-refractivity contribution in [2.24, 2.45) is 5.92 Å². The van der Waals surface area contributed by atoms with Gasteiger partial charge in [0.2, 0.25) is 0 Å². The van der Waals surface area contributed by atoms with E-state index < -0.39 is 0 Å². The van der Waals surface area contributed by atoms with Gasteiger partial charge in [-0.15, -0.1) is 0 Å². The molecule has 2 N–H and O–H groups in total. The molecule has 1 unspecified atom stereocenters. The maximum atomic E-state index is 5.43. The lowest BCUT2D eigenvalue weighted by Crippen LogP contribution is -2.16. The van der Waals surface area contributed by atoms with Crippen molar-refractivity contribution < 1.29 is 4.74 Å². The quantitative estimate of drug-likeness (QED) is 0.775. The molecule has 1 saturated carbocycles. The molecule has 2 rings (SSSR count). The highest BCUT2D eigenvalue weighted by Crippen LogP contribution is 2.23. The minimum absolute atomic E-state index is 0.0645. The van der Waals surface area contributed by atoms with Gasteiger partial charge in [-0.1, -0.05) is 13.8 Å². The number of aromatic nitrogens is 2. The number of nitrogens with zero attached hydrogens (tertiary/aromatic N) is 1. The average molecular weight is 223 g/mol. The number of hydrogen-bond donors (Lipinski definition) is 2. The molecule has 0 bridgehead atoms. The van der Waals surface area contributed by atoms with Crippen molar-refractivity contribution in [3.63, 3.8) is 0 Å². The summed E-state index contributed by atoms with van der Waals surface area (Å²) >= 11 is 0. The second-order valence-corrected chi connectivity index (χ2v) is 4.85. The van der Waals surface area contributed by atoms with Crippen LogP contribution in [0.5, 0.6) is 0 Å². The molecule has 0 saturated heterocycles. The maximum Gasteiger partial charge on any atom is 0.135 e. The zero-order chi connectivity index (χ0) is 11.5. The Morgan fingerprint density at radius 1 is 1.56 bits per heavy atom. The van der Waals surface area contributed by atoms with E-state index in [2.05, 4.69) is 29.1 Å². The second kappa shape index (κ2) is 4.97. The molecule has 1 aromatic rings. The van der Waals surface area contributed by atoms with Crippen LogP contribution in [0.2, 0.25) is 0 Å². The van der Waals surface area contributed by atoms with Crippen molar-refractivity contribution in [1.82, 2.24) is 15.3 Å². The summed E-state index contributed by atoms with van der Waals surface area (Å²) in [5.74, 6) is 1.37. The molecule has 4 nitrogen and oxygen atoms in total.